The van der Waals surface area contributed by atoms with Crippen molar-refractivity contribution in [2.45, 2.75) is 32.6 Å². The van der Waals surface area contributed by atoms with Gasteiger partial charge < -0.3 is 4.74 Å². The molecule has 22 heavy (non-hydrogen) atoms. The third kappa shape index (κ3) is 3.09. The van der Waals surface area contributed by atoms with Gasteiger partial charge in [0.2, 0.25) is 0 Å². The van der Waals surface area contributed by atoms with Gasteiger partial charge in [-0.05, 0) is 37.8 Å². The lowest BCUT2D eigenvalue weighted by Crippen LogP contribution is -2.11. The number of aromatic nitrogens is 2. The summed E-state index contributed by atoms with van der Waals surface area (Å²) < 4.78 is 5.08. The maximum atomic E-state index is 12.1. The minimum Gasteiger partial charge on any atom is -0.461 e. The van der Waals surface area contributed by atoms with Gasteiger partial charge in [0, 0.05) is 5.92 Å². The molecule has 1 aliphatic carbocycles. The lowest BCUT2D eigenvalue weighted by Gasteiger charge is -2.05. The number of fused-ring (bicyclic) bond motifs is 1. The predicted molar refractivity (Wildman–Crippen MR) is 84.3 cm³/mol. The summed E-state index contributed by atoms with van der Waals surface area (Å²) in [6, 6.07) is 7.47. The summed E-state index contributed by atoms with van der Waals surface area (Å²) in [6.45, 7) is 2.08. The van der Waals surface area contributed by atoms with Crippen LogP contribution in [0.4, 0.5) is 0 Å². The normalized spacial score (nSPS) is 14.6. The molecule has 1 aliphatic rings. The van der Waals surface area contributed by atoms with Crippen molar-refractivity contribution in [2.24, 2.45) is 5.92 Å². The van der Waals surface area contributed by atoms with E-state index >= 15 is 0 Å². The first-order chi connectivity index (χ1) is 10.8. The van der Waals surface area contributed by atoms with Crippen molar-refractivity contribution in [3.8, 4) is 11.8 Å². The molecule has 1 fully saturated rings. The first kappa shape index (κ1) is 14.5. The summed E-state index contributed by atoms with van der Waals surface area (Å²) in [5.41, 5.74) is 2.05. The Kier molecular flexibility index (Phi) is 4.34. The number of carbonyl (C=O) groups excluding carboxylic acids is 1. The van der Waals surface area contributed by atoms with Crippen LogP contribution in [-0.4, -0.2) is 22.5 Å². The first-order valence-corrected chi connectivity index (χ1v) is 7.73. The van der Waals surface area contributed by atoms with Gasteiger partial charge in [-0.15, -0.1) is 0 Å². The molecule has 1 aromatic heterocycles. The molecule has 0 bridgehead atoms. The molecule has 0 spiro atoms. The van der Waals surface area contributed by atoms with E-state index in [-0.39, 0.29) is 5.69 Å². The van der Waals surface area contributed by atoms with Crippen molar-refractivity contribution in [3.63, 3.8) is 0 Å². The zero-order chi connectivity index (χ0) is 15.4. The van der Waals surface area contributed by atoms with Crippen molar-refractivity contribution >= 4 is 17.0 Å². The van der Waals surface area contributed by atoms with Crippen LogP contribution in [0.1, 0.15) is 48.8 Å². The van der Waals surface area contributed by atoms with Crippen LogP contribution in [0.2, 0.25) is 0 Å². The molecule has 4 nitrogen and oxygen atoms in total. The van der Waals surface area contributed by atoms with Gasteiger partial charge in [0.05, 0.1) is 17.6 Å². The van der Waals surface area contributed by atoms with Gasteiger partial charge in [-0.25, -0.2) is 14.8 Å². The van der Waals surface area contributed by atoms with E-state index in [2.05, 4.69) is 21.8 Å². The molecule has 112 valence electrons. The van der Waals surface area contributed by atoms with Gasteiger partial charge in [-0.1, -0.05) is 30.9 Å². The van der Waals surface area contributed by atoms with E-state index in [0.29, 0.717) is 23.7 Å². The SMILES string of the molecule is CCOC(=O)c1nc2ccccc2nc1C#CC1CCCC1. The Balaban J connectivity index is 2.04. The number of para-hydroxylation sites is 2. The Bertz CT molecular complexity index is 753. The zero-order valence-electron chi connectivity index (χ0n) is 12.6. The minimum absolute atomic E-state index is 0.214. The molecule has 2 aromatic rings. The van der Waals surface area contributed by atoms with Crippen molar-refractivity contribution in [3.05, 3.63) is 35.7 Å². The lowest BCUT2D eigenvalue weighted by atomic mass is 10.1. The number of rotatable bonds is 2. The van der Waals surface area contributed by atoms with Crippen LogP contribution in [0.15, 0.2) is 24.3 Å². The van der Waals surface area contributed by atoms with Gasteiger partial charge >= 0.3 is 5.97 Å². The molecule has 3 rings (SSSR count). The van der Waals surface area contributed by atoms with Gasteiger partial charge in [-0.3, -0.25) is 0 Å². The Hall–Kier alpha value is -2.41. The zero-order valence-corrected chi connectivity index (χ0v) is 12.6. The second-order valence-corrected chi connectivity index (χ2v) is 5.38. The topological polar surface area (TPSA) is 52.1 Å². The largest absolute Gasteiger partial charge is 0.461 e. The van der Waals surface area contributed by atoms with E-state index in [0.717, 1.165) is 18.4 Å². The van der Waals surface area contributed by atoms with Crippen molar-refractivity contribution < 1.29 is 9.53 Å². The second kappa shape index (κ2) is 6.57. The number of nitrogens with zero attached hydrogens (tertiary/aromatic N) is 2. The predicted octanol–water partition coefficient (Wildman–Crippen LogP) is 3.35. The molecule has 0 amide bonds. The number of esters is 1. The summed E-state index contributed by atoms with van der Waals surface area (Å²) in [6.07, 6.45) is 4.71. The van der Waals surface area contributed by atoms with Crippen LogP contribution in [0.3, 0.4) is 0 Å². The van der Waals surface area contributed by atoms with E-state index in [4.69, 9.17) is 4.74 Å². The summed E-state index contributed by atoms with van der Waals surface area (Å²) in [7, 11) is 0. The van der Waals surface area contributed by atoms with Gasteiger partial charge in [0.15, 0.2) is 5.69 Å². The number of hydrogen-bond donors (Lipinski definition) is 0. The summed E-state index contributed by atoms with van der Waals surface area (Å²) in [4.78, 5) is 21.0. The van der Waals surface area contributed by atoms with Gasteiger partial charge in [0.1, 0.15) is 5.69 Å². The highest BCUT2D eigenvalue weighted by Crippen LogP contribution is 2.24. The maximum Gasteiger partial charge on any atom is 0.359 e. The fourth-order valence-electron chi connectivity index (χ4n) is 2.67. The van der Waals surface area contributed by atoms with Crippen LogP contribution in [0.5, 0.6) is 0 Å². The molecule has 0 atom stereocenters. The van der Waals surface area contributed by atoms with E-state index < -0.39 is 5.97 Å². The second-order valence-electron chi connectivity index (χ2n) is 5.38. The molecular weight excluding hydrogens is 276 g/mol. The molecule has 1 saturated carbocycles. The van der Waals surface area contributed by atoms with Crippen molar-refractivity contribution in [1.29, 1.82) is 0 Å². The first-order valence-electron chi connectivity index (χ1n) is 7.73. The van der Waals surface area contributed by atoms with Crippen LogP contribution in [0, 0.1) is 17.8 Å². The molecule has 1 heterocycles. The van der Waals surface area contributed by atoms with Gasteiger partial charge in [0.25, 0.3) is 0 Å². The van der Waals surface area contributed by atoms with Crippen LogP contribution >= 0.6 is 0 Å². The summed E-state index contributed by atoms with van der Waals surface area (Å²) >= 11 is 0. The molecule has 4 heteroatoms. The fraction of sp³-hybridized carbons (Fsp3) is 0.389. The quantitative estimate of drug-likeness (QED) is 0.629. The van der Waals surface area contributed by atoms with E-state index in [1.54, 1.807) is 6.92 Å². The van der Waals surface area contributed by atoms with E-state index in [1.165, 1.54) is 12.8 Å². The third-order valence-electron chi connectivity index (χ3n) is 3.79. The van der Waals surface area contributed by atoms with E-state index in [9.17, 15) is 4.79 Å². The average Bonchev–Trinajstić information content (AvgIpc) is 3.05. The molecular formula is C18H18N2O2. The highest BCUT2D eigenvalue weighted by molar-refractivity contribution is 5.92. The van der Waals surface area contributed by atoms with E-state index in [1.807, 2.05) is 24.3 Å². The maximum absolute atomic E-state index is 12.1. The Morgan fingerprint density at radius 2 is 1.91 bits per heavy atom. The molecule has 1 aromatic carbocycles. The third-order valence-corrected chi connectivity index (χ3v) is 3.79. The average molecular weight is 294 g/mol. The minimum atomic E-state index is -0.462. The molecule has 0 saturated heterocycles. The Morgan fingerprint density at radius 1 is 1.23 bits per heavy atom. The standard InChI is InChI=1S/C18H18N2O2/c1-2-22-18(21)17-16(12-11-13-7-3-4-8-13)19-14-9-5-6-10-15(14)20-17/h5-6,9-10,13H,2-4,7-8H2,1H3. The molecule has 0 aliphatic heterocycles. The number of benzene rings is 1. The van der Waals surface area contributed by atoms with Crippen LogP contribution < -0.4 is 0 Å². The fourth-order valence-corrected chi connectivity index (χ4v) is 2.67. The van der Waals surface area contributed by atoms with Crippen LogP contribution in [0.25, 0.3) is 11.0 Å². The van der Waals surface area contributed by atoms with Gasteiger partial charge in [-0.2, -0.15) is 0 Å². The smallest absolute Gasteiger partial charge is 0.359 e. The Morgan fingerprint density at radius 3 is 2.59 bits per heavy atom. The Labute approximate surface area is 129 Å². The molecule has 0 unspecified atom stereocenters. The van der Waals surface area contributed by atoms with Crippen molar-refractivity contribution in [1.82, 2.24) is 9.97 Å². The summed E-state index contributed by atoms with van der Waals surface area (Å²) in [5.74, 6) is 6.25. The lowest BCUT2D eigenvalue weighted by molar-refractivity contribution is 0.0519. The van der Waals surface area contributed by atoms with Crippen LogP contribution in [-0.2, 0) is 4.74 Å². The summed E-state index contributed by atoms with van der Waals surface area (Å²) in [5, 5.41) is 0. The molecule has 0 radical (unpaired) electrons. The monoisotopic (exact) mass is 294 g/mol. The number of carbonyl (C=O) groups is 1. The molecule has 0 N–H and O–H groups in total. The van der Waals surface area contributed by atoms with Crippen molar-refractivity contribution in [2.75, 3.05) is 6.61 Å². The highest BCUT2D eigenvalue weighted by atomic mass is 16.5. The number of ether oxygens (including phenoxy) is 1. The number of hydrogen-bond acceptors (Lipinski definition) is 4. The highest BCUT2D eigenvalue weighted by Gasteiger charge is 2.17.